The van der Waals surface area contributed by atoms with Crippen molar-refractivity contribution in [3.63, 3.8) is 0 Å². The van der Waals surface area contributed by atoms with Gasteiger partial charge in [-0.05, 0) is 19.7 Å². The SMILES string of the molecule is CCOB(OCC)[C@H](C)CC. The molecule has 0 aliphatic rings. The Kier molecular flexibility index (Phi) is 6.67. The summed E-state index contributed by atoms with van der Waals surface area (Å²) in [4.78, 5) is 0. The van der Waals surface area contributed by atoms with E-state index < -0.39 is 0 Å². The van der Waals surface area contributed by atoms with Gasteiger partial charge in [0.25, 0.3) is 0 Å². The van der Waals surface area contributed by atoms with Crippen molar-refractivity contribution in [2.75, 3.05) is 13.2 Å². The molecular weight excluding hydrogens is 139 g/mol. The summed E-state index contributed by atoms with van der Waals surface area (Å²) in [5.74, 6) is 0.495. The van der Waals surface area contributed by atoms with Gasteiger partial charge in [-0.1, -0.05) is 20.3 Å². The summed E-state index contributed by atoms with van der Waals surface area (Å²) in [7, 11) is -0.00463. The maximum atomic E-state index is 5.41. The summed E-state index contributed by atoms with van der Waals surface area (Å²) < 4.78 is 10.8. The lowest BCUT2D eigenvalue weighted by atomic mass is 9.71. The van der Waals surface area contributed by atoms with Crippen LogP contribution in [0.4, 0.5) is 0 Å². The first kappa shape index (κ1) is 11.0. The Balaban J connectivity index is 3.66. The van der Waals surface area contributed by atoms with Crippen LogP contribution >= 0.6 is 0 Å². The highest BCUT2D eigenvalue weighted by Crippen LogP contribution is 2.15. The zero-order chi connectivity index (χ0) is 8.69. The lowest BCUT2D eigenvalue weighted by molar-refractivity contribution is 0.204. The van der Waals surface area contributed by atoms with Gasteiger partial charge < -0.3 is 9.31 Å². The molecule has 0 fully saturated rings. The third kappa shape index (κ3) is 4.43. The molecule has 0 aromatic rings. The molecule has 1 atom stereocenters. The fraction of sp³-hybridized carbons (Fsp3) is 1.00. The smallest absolute Gasteiger partial charge is 0.411 e. The summed E-state index contributed by atoms with van der Waals surface area (Å²) in [6.07, 6.45) is 1.10. The van der Waals surface area contributed by atoms with E-state index in [-0.39, 0.29) is 7.12 Å². The third-order valence-electron chi connectivity index (χ3n) is 1.77. The Morgan fingerprint density at radius 3 is 1.82 bits per heavy atom. The summed E-state index contributed by atoms with van der Waals surface area (Å²) in [6, 6.07) is 0. The molecule has 0 rings (SSSR count). The van der Waals surface area contributed by atoms with Crippen molar-refractivity contribution in [3.05, 3.63) is 0 Å². The number of hydrogen-bond acceptors (Lipinski definition) is 2. The Morgan fingerprint density at radius 1 is 1.09 bits per heavy atom. The van der Waals surface area contributed by atoms with E-state index in [0.29, 0.717) is 5.82 Å². The Labute approximate surface area is 70.4 Å². The van der Waals surface area contributed by atoms with E-state index in [1.807, 2.05) is 13.8 Å². The molecular formula is C8H19BO2. The minimum absolute atomic E-state index is 0.00463. The molecule has 0 saturated heterocycles. The molecule has 3 heteroatoms. The molecule has 0 aromatic carbocycles. The van der Waals surface area contributed by atoms with Gasteiger partial charge in [0.05, 0.1) is 0 Å². The van der Waals surface area contributed by atoms with Crippen LogP contribution in [0, 0.1) is 0 Å². The molecule has 0 amide bonds. The molecule has 0 N–H and O–H groups in total. The molecule has 0 radical (unpaired) electrons. The maximum absolute atomic E-state index is 5.41. The van der Waals surface area contributed by atoms with Crippen molar-refractivity contribution in [3.8, 4) is 0 Å². The van der Waals surface area contributed by atoms with Crippen LogP contribution in [0.2, 0.25) is 5.82 Å². The van der Waals surface area contributed by atoms with E-state index in [1.54, 1.807) is 0 Å². The van der Waals surface area contributed by atoms with E-state index >= 15 is 0 Å². The number of hydrogen-bond donors (Lipinski definition) is 0. The first-order valence-electron chi connectivity index (χ1n) is 4.49. The molecule has 0 aliphatic heterocycles. The predicted octanol–water partition coefficient (Wildman–Crippen LogP) is 2.35. The molecule has 2 nitrogen and oxygen atoms in total. The molecule has 0 heterocycles. The highest BCUT2D eigenvalue weighted by molar-refractivity contribution is 6.46. The normalized spacial score (nSPS) is 13.1. The van der Waals surface area contributed by atoms with Crippen LogP contribution in [0.1, 0.15) is 34.1 Å². The predicted molar refractivity (Wildman–Crippen MR) is 48.7 cm³/mol. The minimum Gasteiger partial charge on any atom is -0.411 e. The first-order chi connectivity index (χ1) is 5.26. The van der Waals surface area contributed by atoms with Gasteiger partial charge >= 0.3 is 7.12 Å². The standard InChI is InChI=1S/C8H19BO2/c1-5-8(4)9(10-6-2)11-7-3/h8H,5-7H2,1-4H3/t8-/m1/s1. The Hall–Kier alpha value is -0.0151. The van der Waals surface area contributed by atoms with Crippen molar-refractivity contribution in [2.24, 2.45) is 0 Å². The number of rotatable bonds is 6. The largest absolute Gasteiger partial charge is 0.459 e. The fourth-order valence-corrected chi connectivity index (χ4v) is 0.898. The van der Waals surface area contributed by atoms with E-state index in [9.17, 15) is 0 Å². The lowest BCUT2D eigenvalue weighted by Crippen LogP contribution is -2.27. The summed E-state index contributed by atoms with van der Waals surface area (Å²) in [5, 5.41) is 0. The highest BCUT2D eigenvalue weighted by atomic mass is 16.6. The van der Waals surface area contributed by atoms with Crippen LogP contribution < -0.4 is 0 Å². The second-order valence-electron chi connectivity index (χ2n) is 2.66. The van der Waals surface area contributed by atoms with Crippen molar-refractivity contribution >= 4 is 7.12 Å². The molecule has 0 unspecified atom stereocenters. The quantitative estimate of drug-likeness (QED) is 0.552. The summed E-state index contributed by atoms with van der Waals surface area (Å²) in [5.41, 5.74) is 0. The average molecular weight is 158 g/mol. The summed E-state index contributed by atoms with van der Waals surface area (Å²) in [6.45, 7) is 9.75. The van der Waals surface area contributed by atoms with Gasteiger partial charge in [-0.3, -0.25) is 0 Å². The zero-order valence-corrected chi connectivity index (χ0v) is 8.09. The molecule has 11 heavy (non-hydrogen) atoms. The lowest BCUT2D eigenvalue weighted by Gasteiger charge is -2.17. The molecule has 0 spiro atoms. The monoisotopic (exact) mass is 158 g/mol. The van der Waals surface area contributed by atoms with E-state index in [2.05, 4.69) is 13.8 Å². The first-order valence-corrected chi connectivity index (χ1v) is 4.49. The third-order valence-corrected chi connectivity index (χ3v) is 1.77. The van der Waals surface area contributed by atoms with Gasteiger partial charge in [-0.2, -0.15) is 0 Å². The second-order valence-corrected chi connectivity index (χ2v) is 2.66. The van der Waals surface area contributed by atoms with Crippen molar-refractivity contribution < 1.29 is 9.31 Å². The van der Waals surface area contributed by atoms with Gasteiger partial charge in [0.1, 0.15) is 0 Å². The topological polar surface area (TPSA) is 18.5 Å². The molecule has 66 valence electrons. The molecule has 0 bridgehead atoms. The van der Waals surface area contributed by atoms with Crippen molar-refractivity contribution in [1.29, 1.82) is 0 Å². The Morgan fingerprint density at radius 2 is 1.55 bits per heavy atom. The van der Waals surface area contributed by atoms with Gasteiger partial charge in [0, 0.05) is 13.2 Å². The zero-order valence-electron chi connectivity index (χ0n) is 8.09. The Bertz CT molecular complexity index is 82.2. The van der Waals surface area contributed by atoms with Crippen LogP contribution in [0.3, 0.4) is 0 Å². The highest BCUT2D eigenvalue weighted by Gasteiger charge is 2.23. The van der Waals surface area contributed by atoms with Crippen LogP contribution in [-0.2, 0) is 9.31 Å². The van der Waals surface area contributed by atoms with E-state index in [0.717, 1.165) is 19.6 Å². The molecule has 0 aromatic heterocycles. The van der Waals surface area contributed by atoms with E-state index in [4.69, 9.17) is 9.31 Å². The van der Waals surface area contributed by atoms with Crippen molar-refractivity contribution in [1.82, 2.24) is 0 Å². The van der Waals surface area contributed by atoms with Gasteiger partial charge in [-0.25, -0.2) is 0 Å². The fourth-order valence-electron chi connectivity index (χ4n) is 0.898. The van der Waals surface area contributed by atoms with Crippen LogP contribution in [-0.4, -0.2) is 20.3 Å². The van der Waals surface area contributed by atoms with E-state index in [1.165, 1.54) is 0 Å². The molecule has 0 saturated carbocycles. The maximum Gasteiger partial charge on any atom is 0.459 e. The van der Waals surface area contributed by atoms with Crippen molar-refractivity contribution in [2.45, 2.75) is 39.9 Å². The van der Waals surface area contributed by atoms with Crippen LogP contribution in [0.15, 0.2) is 0 Å². The minimum atomic E-state index is -0.00463. The molecule has 0 aliphatic carbocycles. The second kappa shape index (κ2) is 6.68. The van der Waals surface area contributed by atoms with Crippen LogP contribution in [0.5, 0.6) is 0 Å². The van der Waals surface area contributed by atoms with Gasteiger partial charge in [-0.15, -0.1) is 0 Å². The summed E-state index contributed by atoms with van der Waals surface area (Å²) >= 11 is 0. The van der Waals surface area contributed by atoms with Gasteiger partial charge in [0.15, 0.2) is 0 Å². The van der Waals surface area contributed by atoms with Gasteiger partial charge in [0.2, 0.25) is 0 Å². The average Bonchev–Trinajstić information content (AvgIpc) is 2.03. The van der Waals surface area contributed by atoms with Crippen LogP contribution in [0.25, 0.3) is 0 Å².